The highest BCUT2D eigenvalue weighted by molar-refractivity contribution is 7.47. The Hall–Kier alpha value is -1.94. The first-order chi connectivity index (χ1) is 56.4. The lowest BCUT2D eigenvalue weighted by Crippen LogP contribution is -2.30. The SMILES string of the molecule is CCCCCCCCCCCCCCCCCCCCCCCC(=O)O[C@H](COC(=O)CCCCCCCCCCCCCCC)COP(=O)(O)OC[C@H](O)COP(=O)(O)OC[C@@H](COC(=O)CCCCCCCCCCCCCCCCCCCCC(C)C)OC(=O)CCCCCCCCCCCCCCCCCCCCC(C)C. The predicted octanol–water partition coefficient (Wildman–Crippen LogP) is 30.5. The van der Waals surface area contributed by atoms with Gasteiger partial charge in [0.15, 0.2) is 12.2 Å². The summed E-state index contributed by atoms with van der Waals surface area (Å²) in [4.78, 5) is 73.6. The van der Waals surface area contributed by atoms with Crippen molar-refractivity contribution >= 4 is 39.5 Å². The van der Waals surface area contributed by atoms with E-state index in [0.717, 1.165) is 102 Å². The van der Waals surface area contributed by atoms with Gasteiger partial charge in [0.25, 0.3) is 0 Å². The van der Waals surface area contributed by atoms with E-state index in [1.165, 1.54) is 347 Å². The number of hydrogen-bond acceptors (Lipinski definition) is 15. The second-order valence-corrected chi connectivity index (χ2v) is 38.7. The average molecular weight is 1690 g/mol. The Morgan fingerprint density at radius 1 is 0.233 bits per heavy atom. The van der Waals surface area contributed by atoms with Gasteiger partial charge in [-0.1, -0.05) is 478 Å². The molecule has 0 fully saturated rings. The maximum atomic E-state index is 13.2. The molecule has 0 amide bonds. The minimum absolute atomic E-state index is 0.109. The summed E-state index contributed by atoms with van der Waals surface area (Å²) in [6, 6.07) is 0. The molecule has 690 valence electrons. The highest BCUT2D eigenvalue weighted by atomic mass is 31.2. The van der Waals surface area contributed by atoms with E-state index in [9.17, 15) is 43.2 Å². The normalized spacial score (nSPS) is 13.6. The van der Waals surface area contributed by atoms with Gasteiger partial charge in [-0.25, -0.2) is 9.13 Å². The van der Waals surface area contributed by atoms with E-state index < -0.39 is 97.5 Å². The van der Waals surface area contributed by atoms with Crippen LogP contribution in [-0.4, -0.2) is 96.7 Å². The minimum atomic E-state index is -4.97. The Labute approximate surface area is 715 Å². The summed E-state index contributed by atoms with van der Waals surface area (Å²) >= 11 is 0. The van der Waals surface area contributed by atoms with Crippen LogP contribution in [0.25, 0.3) is 0 Å². The van der Waals surface area contributed by atoms with Crippen molar-refractivity contribution in [1.82, 2.24) is 0 Å². The zero-order chi connectivity index (χ0) is 84.8. The zero-order valence-corrected chi connectivity index (χ0v) is 78.6. The van der Waals surface area contributed by atoms with Crippen molar-refractivity contribution in [2.75, 3.05) is 39.6 Å². The van der Waals surface area contributed by atoms with Crippen LogP contribution in [0.1, 0.15) is 530 Å². The molecule has 5 atom stereocenters. The van der Waals surface area contributed by atoms with Gasteiger partial charge in [-0.3, -0.25) is 37.3 Å². The van der Waals surface area contributed by atoms with Crippen LogP contribution in [0.4, 0.5) is 0 Å². The molecule has 116 heavy (non-hydrogen) atoms. The van der Waals surface area contributed by atoms with Crippen LogP contribution in [0, 0.1) is 11.8 Å². The van der Waals surface area contributed by atoms with E-state index in [0.29, 0.717) is 25.7 Å². The summed E-state index contributed by atoms with van der Waals surface area (Å²) in [6.45, 7) is 9.82. The molecule has 17 nitrogen and oxygen atoms in total. The molecule has 0 aliphatic rings. The third-order valence-electron chi connectivity index (χ3n) is 23.0. The van der Waals surface area contributed by atoms with Crippen molar-refractivity contribution in [3.63, 3.8) is 0 Å². The first-order valence-corrected chi connectivity index (χ1v) is 53.0. The first kappa shape index (κ1) is 114. The average Bonchev–Trinajstić information content (AvgIpc) is 0.897. The molecule has 0 aromatic heterocycles. The number of phosphoric ester groups is 2. The van der Waals surface area contributed by atoms with Crippen LogP contribution in [0.2, 0.25) is 0 Å². The molecule has 2 unspecified atom stereocenters. The Morgan fingerprint density at radius 2 is 0.397 bits per heavy atom. The third-order valence-corrected chi connectivity index (χ3v) is 24.9. The summed E-state index contributed by atoms with van der Waals surface area (Å²) in [7, 11) is -9.94. The number of hydrogen-bond donors (Lipinski definition) is 3. The Kier molecular flexibility index (Phi) is 86.5. The molecular formula is C97H190O17P2. The Bertz CT molecular complexity index is 2200. The van der Waals surface area contributed by atoms with E-state index >= 15 is 0 Å². The molecule has 0 aliphatic heterocycles. The molecule has 0 aliphatic carbocycles. The zero-order valence-electron chi connectivity index (χ0n) is 76.8. The number of ether oxygens (including phenoxy) is 4. The number of carbonyl (C=O) groups is 4. The molecule has 0 heterocycles. The summed E-state index contributed by atoms with van der Waals surface area (Å²) in [5, 5.41) is 10.7. The topological polar surface area (TPSA) is 237 Å². The van der Waals surface area contributed by atoms with Gasteiger partial charge in [0.2, 0.25) is 0 Å². The number of rotatable bonds is 96. The molecule has 0 radical (unpaired) electrons. The molecule has 0 spiro atoms. The van der Waals surface area contributed by atoms with Crippen molar-refractivity contribution < 1.29 is 80.2 Å². The molecule has 0 rings (SSSR count). The van der Waals surface area contributed by atoms with Crippen LogP contribution in [0.5, 0.6) is 0 Å². The van der Waals surface area contributed by atoms with Crippen molar-refractivity contribution in [2.45, 2.75) is 548 Å². The van der Waals surface area contributed by atoms with Gasteiger partial charge in [0.1, 0.15) is 19.3 Å². The van der Waals surface area contributed by atoms with Crippen LogP contribution >= 0.6 is 15.6 Å². The molecule has 19 heteroatoms. The molecule has 3 N–H and O–H groups in total. The molecule has 0 bridgehead atoms. The number of aliphatic hydroxyl groups excluding tert-OH is 1. The van der Waals surface area contributed by atoms with Crippen molar-refractivity contribution in [1.29, 1.82) is 0 Å². The Morgan fingerprint density at radius 3 is 0.586 bits per heavy atom. The number of phosphoric acid groups is 2. The lowest BCUT2D eigenvalue weighted by Gasteiger charge is -2.21. The highest BCUT2D eigenvalue weighted by Crippen LogP contribution is 2.45. The molecular weight excluding hydrogens is 1500 g/mol. The van der Waals surface area contributed by atoms with Crippen molar-refractivity contribution in [3.05, 3.63) is 0 Å². The van der Waals surface area contributed by atoms with Gasteiger partial charge in [0.05, 0.1) is 26.4 Å². The maximum Gasteiger partial charge on any atom is 0.472 e. The maximum absolute atomic E-state index is 13.2. The number of carbonyl (C=O) groups excluding carboxylic acids is 4. The van der Waals surface area contributed by atoms with Gasteiger partial charge in [-0.05, 0) is 37.5 Å². The first-order valence-electron chi connectivity index (χ1n) is 50.0. The van der Waals surface area contributed by atoms with E-state index in [-0.39, 0.29) is 25.7 Å². The summed E-state index contributed by atoms with van der Waals surface area (Å²) in [5.74, 6) is -0.444. The van der Waals surface area contributed by atoms with Crippen molar-refractivity contribution in [3.8, 4) is 0 Å². The lowest BCUT2D eigenvalue weighted by atomic mass is 10.0. The highest BCUT2D eigenvalue weighted by Gasteiger charge is 2.31. The fourth-order valence-corrected chi connectivity index (χ4v) is 16.9. The van der Waals surface area contributed by atoms with E-state index in [4.69, 9.17) is 37.0 Å². The monoisotopic (exact) mass is 1690 g/mol. The molecule has 0 aromatic carbocycles. The van der Waals surface area contributed by atoms with Crippen LogP contribution in [0.3, 0.4) is 0 Å². The second-order valence-electron chi connectivity index (χ2n) is 35.8. The molecule has 0 saturated heterocycles. The van der Waals surface area contributed by atoms with Gasteiger partial charge in [0, 0.05) is 25.7 Å². The quantitative estimate of drug-likeness (QED) is 0.0222. The molecule has 0 aromatic rings. The van der Waals surface area contributed by atoms with E-state index in [2.05, 4.69) is 41.5 Å². The van der Waals surface area contributed by atoms with Gasteiger partial charge >= 0.3 is 39.5 Å². The van der Waals surface area contributed by atoms with Crippen LogP contribution < -0.4 is 0 Å². The standard InChI is InChI=1S/C97H190O17P2/c1-7-9-11-13-15-17-19-21-22-23-24-25-26-34-39-45-51-57-63-69-75-81-96(101)113-92(85-107-94(99)79-73-67-61-55-49-41-20-18-16-14-12-10-8-2)87-111-115(103,104)109-83-91(98)84-110-116(105,106)112-88-93(114-97(102)82-76-70-64-58-52-46-40-35-30-28-32-37-43-48-54-60-66-72-78-90(5)6)86-108-95(100)80-74-68-62-56-50-44-38-33-29-27-31-36-42-47-53-59-65-71-77-89(3)4/h89-93,98H,7-88H2,1-6H3,(H,103,104)(H,105,106)/t91-,92+,93+/m0/s1. The van der Waals surface area contributed by atoms with E-state index in [1.807, 2.05) is 0 Å². The smallest absolute Gasteiger partial charge is 0.462 e. The van der Waals surface area contributed by atoms with Gasteiger partial charge < -0.3 is 33.8 Å². The van der Waals surface area contributed by atoms with Crippen LogP contribution in [0.15, 0.2) is 0 Å². The van der Waals surface area contributed by atoms with Crippen molar-refractivity contribution in [2.24, 2.45) is 11.8 Å². The second kappa shape index (κ2) is 87.9. The number of unbranched alkanes of at least 4 members (excludes halogenated alkanes) is 66. The summed E-state index contributed by atoms with van der Waals surface area (Å²) in [5.41, 5.74) is 0. The summed E-state index contributed by atoms with van der Waals surface area (Å²) in [6.07, 6.45) is 84.9. The van der Waals surface area contributed by atoms with Crippen LogP contribution in [-0.2, 0) is 65.4 Å². The minimum Gasteiger partial charge on any atom is -0.462 e. The summed E-state index contributed by atoms with van der Waals surface area (Å²) < 4.78 is 69.3. The third kappa shape index (κ3) is 89.8. The number of esters is 4. The predicted molar refractivity (Wildman–Crippen MR) is 483 cm³/mol. The van der Waals surface area contributed by atoms with Gasteiger partial charge in [-0.2, -0.15) is 0 Å². The lowest BCUT2D eigenvalue weighted by molar-refractivity contribution is -0.161. The number of aliphatic hydroxyl groups is 1. The van der Waals surface area contributed by atoms with E-state index in [1.54, 1.807) is 0 Å². The van der Waals surface area contributed by atoms with Gasteiger partial charge in [-0.15, -0.1) is 0 Å². The molecule has 0 saturated carbocycles. The Balaban J connectivity index is 5.25. The fourth-order valence-electron chi connectivity index (χ4n) is 15.4. The largest absolute Gasteiger partial charge is 0.472 e. The fraction of sp³-hybridized carbons (Fsp3) is 0.959.